The Balaban J connectivity index is 2.75. The van der Waals surface area contributed by atoms with Crippen LogP contribution in [0.3, 0.4) is 0 Å². The number of rotatable bonds is 1. The molecule has 0 bridgehead atoms. The lowest BCUT2D eigenvalue weighted by molar-refractivity contribution is -0.0357. The number of alkyl halides is 2. The maximum absolute atomic E-state index is 13.2. The van der Waals surface area contributed by atoms with Gasteiger partial charge < -0.3 is 5.11 Å². The molecule has 3 atom stereocenters. The Kier molecular flexibility index (Phi) is 1.35. The topological polar surface area (TPSA) is 20.2 Å². The number of hydrogen-bond donors (Lipinski definition) is 1. The van der Waals surface area contributed by atoms with Crippen LogP contribution in [0.4, 0.5) is 8.78 Å². The lowest BCUT2D eigenvalue weighted by Crippen LogP contribution is -2.37. The highest BCUT2D eigenvalue weighted by Crippen LogP contribution is 2.56. The lowest BCUT2D eigenvalue weighted by Gasteiger charge is -2.22. The summed E-state index contributed by atoms with van der Waals surface area (Å²) in [5.41, 5.74) is -3.56. The average molecular weight is 150 g/mol. The second-order valence-electron chi connectivity index (χ2n) is 3.52. The molecule has 3 heteroatoms. The van der Waals surface area contributed by atoms with Crippen LogP contribution in [-0.2, 0) is 0 Å². The molecule has 0 aliphatic heterocycles. The van der Waals surface area contributed by atoms with Crippen molar-refractivity contribution in [2.45, 2.75) is 38.2 Å². The Hall–Kier alpha value is -0.180. The molecule has 1 saturated carbocycles. The van der Waals surface area contributed by atoms with Gasteiger partial charge in [0.2, 0.25) is 0 Å². The summed E-state index contributed by atoms with van der Waals surface area (Å²) in [6.45, 7) is 4.05. The maximum Gasteiger partial charge on any atom is 0.175 e. The van der Waals surface area contributed by atoms with Gasteiger partial charge in [0.25, 0.3) is 0 Å². The molecule has 1 rings (SSSR count). The third-order valence-electron chi connectivity index (χ3n) is 2.33. The van der Waals surface area contributed by atoms with Crippen LogP contribution in [0.1, 0.15) is 20.8 Å². The van der Waals surface area contributed by atoms with Gasteiger partial charge in [-0.2, -0.15) is 0 Å². The van der Waals surface area contributed by atoms with Gasteiger partial charge in [-0.15, -0.1) is 0 Å². The zero-order chi connectivity index (χ0) is 8.15. The number of halogens is 2. The summed E-state index contributed by atoms with van der Waals surface area (Å²) in [6, 6.07) is 0. The third kappa shape index (κ3) is 0.698. The van der Waals surface area contributed by atoms with Crippen LogP contribution in [0.15, 0.2) is 0 Å². The Bertz CT molecular complexity index is 142. The molecule has 0 saturated heterocycles. The van der Waals surface area contributed by atoms with Crippen LogP contribution in [-0.4, -0.2) is 22.5 Å². The van der Waals surface area contributed by atoms with Gasteiger partial charge in [-0.1, -0.05) is 6.92 Å². The van der Waals surface area contributed by atoms with E-state index in [1.54, 1.807) is 0 Å². The molecule has 0 aromatic carbocycles. The normalized spacial score (nSPS) is 47.4. The van der Waals surface area contributed by atoms with Crippen molar-refractivity contribution in [3.63, 3.8) is 0 Å². The van der Waals surface area contributed by atoms with E-state index in [0.717, 1.165) is 0 Å². The van der Waals surface area contributed by atoms with Crippen LogP contribution >= 0.6 is 0 Å². The minimum Gasteiger partial charge on any atom is -0.387 e. The Morgan fingerprint density at radius 2 is 1.80 bits per heavy atom. The Labute approximate surface area is 59.0 Å². The minimum absolute atomic E-state index is 0.660. The van der Waals surface area contributed by atoms with E-state index in [1.807, 2.05) is 0 Å². The smallest absolute Gasteiger partial charge is 0.175 e. The Morgan fingerprint density at radius 1 is 1.50 bits per heavy atom. The van der Waals surface area contributed by atoms with E-state index < -0.39 is 23.4 Å². The molecule has 0 aromatic heterocycles. The third-order valence-corrected chi connectivity index (χ3v) is 2.33. The molecule has 0 amide bonds. The highest BCUT2D eigenvalue weighted by molar-refractivity contribution is 5.19. The predicted molar refractivity (Wildman–Crippen MR) is 34.2 cm³/mol. The minimum atomic E-state index is -2.01. The number of aliphatic hydroxyl groups is 1. The highest BCUT2D eigenvalue weighted by Gasteiger charge is 2.72. The quantitative estimate of drug-likeness (QED) is 0.599. The largest absolute Gasteiger partial charge is 0.387 e. The predicted octanol–water partition coefficient (Wildman–Crippen LogP) is 1.45. The van der Waals surface area contributed by atoms with Crippen molar-refractivity contribution in [3.8, 4) is 0 Å². The van der Waals surface area contributed by atoms with Crippen molar-refractivity contribution >= 4 is 0 Å². The fraction of sp³-hybridized carbons (Fsp3) is 1.00. The van der Waals surface area contributed by atoms with Crippen molar-refractivity contribution in [2.24, 2.45) is 5.92 Å². The molecular weight excluding hydrogens is 138 g/mol. The van der Waals surface area contributed by atoms with E-state index in [-0.39, 0.29) is 0 Å². The van der Waals surface area contributed by atoms with Gasteiger partial charge in [-0.25, -0.2) is 8.78 Å². The van der Waals surface area contributed by atoms with Gasteiger partial charge in [-0.05, 0) is 13.8 Å². The zero-order valence-corrected chi connectivity index (χ0v) is 6.36. The standard InChI is InChI=1S/C7H12F2O/c1-4-5(8)7(4,9)6(2,3)10/h4-5,10H,1-3H3. The fourth-order valence-corrected chi connectivity index (χ4v) is 1.36. The van der Waals surface area contributed by atoms with Gasteiger partial charge in [0.05, 0.1) is 5.60 Å². The van der Waals surface area contributed by atoms with E-state index in [4.69, 9.17) is 5.11 Å². The van der Waals surface area contributed by atoms with Gasteiger partial charge in [0, 0.05) is 5.92 Å². The summed E-state index contributed by atoms with van der Waals surface area (Å²) in [5.74, 6) is -0.660. The SMILES string of the molecule is CC1C(F)C1(F)C(C)(C)O. The summed E-state index contributed by atoms with van der Waals surface area (Å²) in [7, 11) is 0. The lowest BCUT2D eigenvalue weighted by atomic mass is 9.99. The van der Waals surface area contributed by atoms with Crippen molar-refractivity contribution < 1.29 is 13.9 Å². The first kappa shape index (κ1) is 7.92. The molecule has 1 nitrogen and oxygen atoms in total. The van der Waals surface area contributed by atoms with Crippen molar-refractivity contribution in [2.75, 3.05) is 0 Å². The fourth-order valence-electron chi connectivity index (χ4n) is 1.36. The van der Waals surface area contributed by atoms with Crippen LogP contribution < -0.4 is 0 Å². The van der Waals surface area contributed by atoms with Crippen molar-refractivity contribution in [3.05, 3.63) is 0 Å². The van der Waals surface area contributed by atoms with Gasteiger partial charge in [0.1, 0.15) is 6.17 Å². The van der Waals surface area contributed by atoms with Gasteiger partial charge >= 0.3 is 0 Å². The highest BCUT2D eigenvalue weighted by atomic mass is 19.2. The summed E-state index contributed by atoms with van der Waals surface area (Å²) >= 11 is 0. The van der Waals surface area contributed by atoms with Crippen LogP contribution in [0.2, 0.25) is 0 Å². The first-order chi connectivity index (χ1) is 4.32. The molecule has 0 heterocycles. The zero-order valence-electron chi connectivity index (χ0n) is 6.36. The van der Waals surface area contributed by atoms with Gasteiger partial charge in [-0.3, -0.25) is 0 Å². The van der Waals surface area contributed by atoms with Crippen molar-refractivity contribution in [1.82, 2.24) is 0 Å². The average Bonchev–Trinajstić information content (AvgIpc) is 2.19. The molecule has 0 aromatic rings. The molecule has 0 spiro atoms. The molecule has 0 radical (unpaired) electrons. The first-order valence-electron chi connectivity index (χ1n) is 3.37. The molecular formula is C7H12F2O. The summed E-state index contributed by atoms with van der Waals surface area (Å²) in [5, 5.41) is 9.14. The Morgan fingerprint density at radius 3 is 1.80 bits per heavy atom. The van der Waals surface area contributed by atoms with E-state index >= 15 is 0 Å². The van der Waals surface area contributed by atoms with E-state index in [9.17, 15) is 8.78 Å². The van der Waals surface area contributed by atoms with Crippen LogP contribution in [0, 0.1) is 5.92 Å². The second-order valence-corrected chi connectivity index (χ2v) is 3.52. The monoisotopic (exact) mass is 150 g/mol. The van der Waals surface area contributed by atoms with Crippen LogP contribution in [0.25, 0.3) is 0 Å². The first-order valence-corrected chi connectivity index (χ1v) is 3.37. The molecule has 1 aliphatic rings. The van der Waals surface area contributed by atoms with Crippen LogP contribution in [0.5, 0.6) is 0 Å². The summed E-state index contributed by atoms with van der Waals surface area (Å²) in [4.78, 5) is 0. The molecule has 3 unspecified atom stereocenters. The molecule has 1 fully saturated rings. The maximum atomic E-state index is 13.2. The second kappa shape index (κ2) is 1.70. The van der Waals surface area contributed by atoms with E-state index in [2.05, 4.69) is 0 Å². The number of hydrogen-bond acceptors (Lipinski definition) is 1. The van der Waals surface area contributed by atoms with E-state index in [0.29, 0.717) is 0 Å². The van der Waals surface area contributed by atoms with E-state index in [1.165, 1.54) is 20.8 Å². The summed E-state index contributed by atoms with van der Waals surface area (Å²) < 4.78 is 25.7. The summed E-state index contributed by atoms with van der Waals surface area (Å²) in [6.07, 6.45) is -1.49. The molecule has 1 aliphatic carbocycles. The molecule has 10 heavy (non-hydrogen) atoms. The molecule has 60 valence electrons. The van der Waals surface area contributed by atoms with Gasteiger partial charge in [0.15, 0.2) is 5.67 Å². The molecule has 1 N–H and O–H groups in total. The van der Waals surface area contributed by atoms with Crippen molar-refractivity contribution in [1.29, 1.82) is 0 Å².